The molecule has 0 aliphatic carbocycles. The number of benzene rings is 1. The molecule has 0 atom stereocenters. The molecule has 1 heterocycles. The van der Waals surface area contributed by atoms with Gasteiger partial charge >= 0.3 is 0 Å². The van der Waals surface area contributed by atoms with E-state index in [-0.39, 0.29) is 11.3 Å². The summed E-state index contributed by atoms with van der Waals surface area (Å²) < 4.78 is 13.0. The Morgan fingerprint density at radius 3 is 2.89 bits per heavy atom. The molecule has 100 valence electrons. The number of aryl methyl sites for hydroxylation is 1. The standard InChI is InChI=1S/C11H9ClFN3O2S/c12-5-1-2-10-14-15-11(19-10)8-4-3-7(13)6-9(8)16(17)18/h3-4,6H,1-2,5H2. The Hall–Kier alpha value is -1.60. The van der Waals surface area contributed by atoms with E-state index in [9.17, 15) is 14.5 Å². The molecule has 0 amide bonds. The minimum Gasteiger partial charge on any atom is -0.258 e. The van der Waals surface area contributed by atoms with Gasteiger partial charge in [0, 0.05) is 12.3 Å². The van der Waals surface area contributed by atoms with Crippen molar-refractivity contribution in [1.29, 1.82) is 0 Å². The topological polar surface area (TPSA) is 68.9 Å². The van der Waals surface area contributed by atoms with Crippen LogP contribution < -0.4 is 0 Å². The third kappa shape index (κ3) is 3.24. The molecular formula is C11H9ClFN3O2S. The van der Waals surface area contributed by atoms with Crippen molar-refractivity contribution in [2.75, 3.05) is 5.88 Å². The van der Waals surface area contributed by atoms with Crippen molar-refractivity contribution in [3.63, 3.8) is 0 Å². The van der Waals surface area contributed by atoms with Gasteiger partial charge in [0.2, 0.25) is 0 Å². The highest BCUT2D eigenvalue weighted by Crippen LogP contribution is 2.32. The van der Waals surface area contributed by atoms with Crippen molar-refractivity contribution >= 4 is 28.6 Å². The third-order valence-electron chi connectivity index (χ3n) is 2.38. The second-order valence-corrected chi connectivity index (χ2v) is 5.15. The predicted octanol–water partition coefficient (Wildman–Crippen LogP) is 3.42. The van der Waals surface area contributed by atoms with Gasteiger partial charge in [-0.3, -0.25) is 10.1 Å². The second kappa shape index (κ2) is 6.03. The van der Waals surface area contributed by atoms with Crippen molar-refractivity contribution in [2.24, 2.45) is 0 Å². The number of aromatic nitrogens is 2. The fraction of sp³-hybridized carbons (Fsp3) is 0.273. The van der Waals surface area contributed by atoms with Crippen LogP contribution in [0.15, 0.2) is 18.2 Å². The molecule has 1 aromatic heterocycles. The minimum atomic E-state index is -0.651. The Kier molecular flexibility index (Phi) is 4.39. The Morgan fingerprint density at radius 2 is 2.21 bits per heavy atom. The van der Waals surface area contributed by atoms with E-state index in [0.717, 1.165) is 17.5 Å². The second-order valence-electron chi connectivity index (χ2n) is 3.71. The van der Waals surface area contributed by atoms with Crippen LogP contribution >= 0.6 is 22.9 Å². The maximum atomic E-state index is 13.0. The first-order valence-electron chi connectivity index (χ1n) is 5.44. The fourth-order valence-corrected chi connectivity index (χ4v) is 2.57. The molecule has 0 unspecified atom stereocenters. The summed E-state index contributed by atoms with van der Waals surface area (Å²) in [5.41, 5.74) is -0.0268. The normalized spacial score (nSPS) is 10.6. The first-order valence-corrected chi connectivity index (χ1v) is 6.79. The smallest absolute Gasteiger partial charge is 0.258 e. The molecule has 0 fully saturated rings. The van der Waals surface area contributed by atoms with Crippen LogP contribution in [0.5, 0.6) is 0 Å². The molecular weight excluding hydrogens is 293 g/mol. The van der Waals surface area contributed by atoms with Crippen molar-refractivity contribution in [1.82, 2.24) is 10.2 Å². The summed E-state index contributed by atoms with van der Waals surface area (Å²) in [5, 5.41) is 19.9. The van der Waals surface area contributed by atoms with Gasteiger partial charge in [0.1, 0.15) is 10.8 Å². The number of rotatable bonds is 5. The summed E-state index contributed by atoms with van der Waals surface area (Å²) >= 11 is 6.84. The first-order chi connectivity index (χ1) is 9.11. The van der Waals surface area contributed by atoms with Crippen LogP contribution in [0.1, 0.15) is 11.4 Å². The largest absolute Gasteiger partial charge is 0.282 e. The van der Waals surface area contributed by atoms with E-state index in [1.807, 2.05) is 0 Å². The van der Waals surface area contributed by atoms with E-state index in [0.29, 0.717) is 17.3 Å². The van der Waals surface area contributed by atoms with Gasteiger partial charge in [0.25, 0.3) is 5.69 Å². The van der Waals surface area contributed by atoms with Gasteiger partial charge in [-0.05, 0) is 18.6 Å². The third-order valence-corrected chi connectivity index (χ3v) is 3.66. The zero-order valence-corrected chi connectivity index (χ0v) is 11.2. The molecule has 2 rings (SSSR count). The molecule has 5 nitrogen and oxygen atoms in total. The van der Waals surface area contributed by atoms with Gasteiger partial charge in [0.15, 0.2) is 5.01 Å². The van der Waals surface area contributed by atoms with Crippen LogP contribution in [-0.2, 0) is 6.42 Å². The molecule has 2 aromatic rings. The van der Waals surface area contributed by atoms with Crippen molar-refractivity contribution in [3.05, 3.63) is 39.1 Å². The number of hydrogen-bond acceptors (Lipinski definition) is 5. The van der Waals surface area contributed by atoms with Gasteiger partial charge in [-0.15, -0.1) is 21.8 Å². The van der Waals surface area contributed by atoms with Gasteiger partial charge in [-0.2, -0.15) is 0 Å². The average molecular weight is 302 g/mol. The number of nitro benzene ring substituents is 1. The fourth-order valence-electron chi connectivity index (χ4n) is 1.52. The number of halogens is 2. The van der Waals surface area contributed by atoms with E-state index in [1.165, 1.54) is 23.5 Å². The summed E-state index contributed by atoms with van der Waals surface area (Å²) in [5.74, 6) is -0.131. The Bertz CT molecular complexity index is 605. The molecule has 0 aliphatic rings. The van der Waals surface area contributed by atoms with E-state index >= 15 is 0 Å². The Balaban J connectivity index is 2.36. The van der Waals surface area contributed by atoms with E-state index in [4.69, 9.17) is 11.6 Å². The van der Waals surface area contributed by atoms with Gasteiger partial charge in [-0.25, -0.2) is 4.39 Å². The lowest BCUT2D eigenvalue weighted by atomic mass is 10.2. The zero-order chi connectivity index (χ0) is 13.8. The highest BCUT2D eigenvalue weighted by molar-refractivity contribution is 7.14. The monoisotopic (exact) mass is 301 g/mol. The van der Waals surface area contributed by atoms with Crippen molar-refractivity contribution in [2.45, 2.75) is 12.8 Å². The quantitative estimate of drug-likeness (QED) is 0.482. The Morgan fingerprint density at radius 1 is 1.42 bits per heavy atom. The summed E-state index contributed by atoms with van der Waals surface area (Å²) in [4.78, 5) is 10.3. The SMILES string of the molecule is O=[N+]([O-])c1cc(F)ccc1-c1nnc(CCCCl)s1. The minimum absolute atomic E-state index is 0.279. The van der Waals surface area contributed by atoms with E-state index < -0.39 is 10.7 Å². The van der Waals surface area contributed by atoms with Crippen LogP contribution in [0.2, 0.25) is 0 Å². The van der Waals surface area contributed by atoms with Crippen LogP contribution in [0.3, 0.4) is 0 Å². The molecule has 0 saturated heterocycles. The predicted molar refractivity (Wildman–Crippen MR) is 71.0 cm³/mol. The summed E-state index contributed by atoms with van der Waals surface area (Å²) in [7, 11) is 0. The maximum Gasteiger partial charge on any atom is 0.282 e. The molecule has 8 heteroatoms. The Labute approximate surface area is 117 Å². The number of alkyl halides is 1. The number of nitro groups is 1. The summed E-state index contributed by atoms with van der Waals surface area (Å²) in [6.45, 7) is 0. The molecule has 1 aromatic carbocycles. The summed E-state index contributed by atoms with van der Waals surface area (Å²) in [6, 6.07) is 3.40. The molecule has 0 spiro atoms. The van der Waals surface area contributed by atoms with Crippen molar-refractivity contribution < 1.29 is 9.31 Å². The lowest BCUT2D eigenvalue weighted by Gasteiger charge is -1.98. The number of nitrogens with zero attached hydrogens (tertiary/aromatic N) is 3. The van der Waals surface area contributed by atoms with Crippen molar-refractivity contribution in [3.8, 4) is 10.6 Å². The van der Waals surface area contributed by atoms with Gasteiger partial charge in [0.05, 0.1) is 16.6 Å². The molecule has 0 saturated carbocycles. The van der Waals surface area contributed by atoms with Crippen LogP contribution in [-0.4, -0.2) is 21.0 Å². The number of hydrogen-bond donors (Lipinski definition) is 0. The van der Waals surface area contributed by atoms with Gasteiger partial charge < -0.3 is 0 Å². The molecule has 0 bridgehead atoms. The van der Waals surface area contributed by atoms with E-state index in [2.05, 4.69) is 10.2 Å². The summed E-state index contributed by atoms with van der Waals surface area (Å²) in [6.07, 6.45) is 1.44. The van der Waals surface area contributed by atoms with E-state index in [1.54, 1.807) is 0 Å². The maximum absolute atomic E-state index is 13.0. The highest BCUT2D eigenvalue weighted by atomic mass is 35.5. The van der Waals surface area contributed by atoms with Crippen LogP contribution in [0.4, 0.5) is 10.1 Å². The van der Waals surface area contributed by atoms with Gasteiger partial charge in [-0.1, -0.05) is 11.3 Å². The molecule has 0 N–H and O–H groups in total. The molecule has 0 radical (unpaired) electrons. The zero-order valence-electron chi connectivity index (χ0n) is 9.68. The van der Waals surface area contributed by atoms with Crippen LogP contribution in [0, 0.1) is 15.9 Å². The molecule has 19 heavy (non-hydrogen) atoms. The molecule has 0 aliphatic heterocycles. The average Bonchev–Trinajstić information content (AvgIpc) is 2.84. The van der Waals surface area contributed by atoms with Crippen LogP contribution in [0.25, 0.3) is 10.6 Å². The lowest BCUT2D eigenvalue weighted by Crippen LogP contribution is -1.92. The first kappa shape index (κ1) is 13.8. The lowest BCUT2D eigenvalue weighted by molar-refractivity contribution is -0.384. The highest BCUT2D eigenvalue weighted by Gasteiger charge is 2.19.